The molecule has 3 nitrogen and oxygen atoms in total. The largest absolute Gasteiger partial charge is 0.390 e. The molecule has 2 aliphatic heterocycles. The molecule has 0 aromatic carbocycles. The second kappa shape index (κ2) is 2.19. The SMILES string of the molecule is COC1CC2CC(O)C1O2. The number of methoxy groups -OCH3 is 1. The monoisotopic (exact) mass is 144 g/mol. The molecule has 0 spiro atoms. The summed E-state index contributed by atoms with van der Waals surface area (Å²) in [5.74, 6) is 0. The van der Waals surface area contributed by atoms with Gasteiger partial charge < -0.3 is 14.6 Å². The Morgan fingerprint density at radius 1 is 1.50 bits per heavy atom. The summed E-state index contributed by atoms with van der Waals surface area (Å²) in [6.07, 6.45) is 1.81. The highest BCUT2D eigenvalue weighted by Crippen LogP contribution is 2.35. The Bertz CT molecular complexity index is 135. The number of aliphatic hydroxyl groups excluding tert-OH is 1. The van der Waals surface area contributed by atoms with Crippen LogP contribution >= 0.6 is 0 Å². The van der Waals surface area contributed by atoms with Gasteiger partial charge in [0.25, 0.3) is 0 Å². The number of hydrogen-bond donors (Lipinski definition) is 1. The smallest absolute Gasteiger partial charge is 0.110 e. The van der Waals surface area contributed by atoms with E-state index in [1.165, 1.54) is 0 Å². The van der Waals surface area contributed by atoms with Crippen molar-refractivity contribution < 1.29 is 14.6 Å². The van der Waals surface area contributed by atoms with Gasteiger partial charge in [-0.2, -0.15) is 0 Å². The van der Waals surface area contributed by atoms with Gasteiger partial charge in [-0.05, 0) is 0 Å². The maximum absolute atomic E-state index is 9.32. The third-order valence-electron chi connectivity index (χ3n) is 2.40. The van der Waals surface area contributed by atoms with Crippen LogP contribution in [0.3, 0.4) is 0 Å². The Hall–Kier alpha value is -0.120. The first-order valence-corrected chi connectivity index (χ1v) is 3.67. The summed E-state index contributed by atoms with van der Waals surface area (Å²) in [5, 5.41) is 9.32. The molecule has 2 aliphatic rings. The van der Waals surface area contributed by atoms with Gasteiger partial charge in [-0.15, -0.1) is 0 Å². The summed E-state index contributed by atoms with van der Waals surface area (Å²) in [7, 11) is 1.67. The molecular weight excluding hydrogens is 132 g/mol. The number of fused-ring (bicyclic) bond motifs is 2. The van der Waals surface area contributed by atoms with Crippen LogP contribution < -0.4 is 0 Å². The van der Waals surface area contributed by atoms with Gasteiger partial charge in [-0.25, -0.2) is 0 Å². The molecule has 0 saturated carbocycles. The van der Waals surface area contributed by atoms with E-state index >= 15 is 0 Å². The topological polar surface area (TPSA) is 38.7 Å². The molecule has 0 aliphatic carbocycles. The van der Waals surface area contributed by atoms with Crippen molar-refractivity contribution in [2.45, 2.75) is 37.3 Å². The number of aliphatic hydroxyl groups is 1. The van der Waals surface area contributed by atoms with Crippen molar-refractivity contribution in [1.29, 1.82) is 0 Å². The molecule has 2 bridgehead atoms. The second-order valence-corrected chi connectivity index (χ2v) is 3.04. The quantitative estimate of drug-likeness (QED) is 0.559. The van der Waals surface area contributed by atoms with Crippen molar-refractivity contribution in [3.63, 3.8) is 0 Å². The first-order chi connectivity index (χ1) is 4.81. The zero-order valence-electron chi connectivity index (χ0n) is 5.99. The predicted molar refractivity (Wildman–Crippen MR) is 34.7 cm³/mol. The van der Waals surface area contributed by atoms with E-state index in [9.17, 15) is 5.11 Å². The van der Waals surface area contributed by atoms with Crippen LogP contribution in [0.2, 0.25) is 0 Å². The maximum atomic E-state index is 9.32. The standard InChI is InChI=1S/C7H12O3/c1-9-6-3-4-2-5(8)7(6)10-4/h4-8H,2-3H2,1H3. The van der Waals surface area contributed by atoms with Crippen LogP contribution in [-0.4, -0.2) is 36.6 Å². The fourth-order valence-electron chi connectivity index (χ4n) is 1.88. The van der Waals surface area contributed by atoms with E-state index in [0.29, 0.717) is 0 Å². The van der Waals surface area contributed by atoms with Gasteiger partial charge in [0.15, 0.2) is 0 Å². The maximum Gasteiger partial charge on any atom is 0.110 e. The van der Waals surface area contributed by atoms with Crippen LogP contribution in [0.15, 0.2) is 0 Å². The van der Waals surface area contributed by atoms with Crippen LogP contribution in [0.25, 0.3) is 0 Å². The van der Waals surface area contributed by atoms with Gasteiger partial charge in [-0.1, -0.05) is 0 Å². The second-order valence-electron chi connectivity index (χ2n) is 3.04. The molecule has 0 radical (unpaired) electrons. The average Bonchev–Trinajstić information content (AvgIpc) is 2.44. The first-order valence-electron chi connectivity index (χ1n) is 3.67. The van der Waals surface area contributed by atoms with E-state index < -0.39 is 0 Å². The van der Waals surface area contributed by atoms with E-state index in [4.69, 9.17) is 9.47 Å². The highest BCUT2D eigenvalue weighted by molar-refractivity contribution is 4.96. The third-order valence-corrected chi connectivity index (χ3v) is 2.40. The highest BCUT2D eigenvalue weighted by atomic mass is 16.6. The Kier molecular flexibility index (Phi) is 1.44. The van der Waals surface area contributed by atoms with Crippen LogP contribution in [0.4, 0.5) is 0 Å². The minimum atomic E-state index is -0.288. The van der Waals surface area contributed by atoms with Gasteiger partial charge in [-0.3, -0.25) is 0 Å². The lowest BCUT2D eigenvalue weighted by Crippen LogP contribution is -2.35. The average molecular weight is 144 g/mol. The molecule has 2 rings (SSSR count). The molecule has 58 valence electrons. The molecule has 2 heterocycles. The van der Waals surface area contributed by atoms with Crippen molar-refractivity contribution in [3.05, 3.63) is 0 Å². The molecule has 2 saturated heterocycles. The number of rotatable bonds is 1. The van der Waals surface area contributed by atoms with Crippen molar-refractivity contribution in [2.24, 2.45) is 0 Å². The van der Waals surface area contributed by atoms with Crippen molar-refractivity contribution in [3.8, 4) is 0 Å². The summed E-state index contributed by atoms with van der Waals surface area (Å²) in [6.45, 7) is 0. The Morgan fingerprint density at radius 2 is 2.30 bits per heavy atom. The van der Waals surface area contributed by atoms with Crippen LogP contribution in [-0.2, 0) is 9.47 Å². The molecule has 4 atom stereocenters. The van der Waals surface area contributed by atoms with E-state index in [0.717, 1.165) is 12.8 Å². The van der Waals surface area contributed by atoms with Crippen molar-refractivity contribution in [2.75, 3.05) is 7.11 Å². The Morgan fingerprint density at radius 3 is 2.70 bits per heavy atom. The molecule has 0 aromatic rings. The molecular formula is C7H12O3. The summed E-state index contributed by atoms with van der Waals surface area (Å²) >= 11 is 0. The summed E-state index contributed by atoms with van der Waals surface area (Å²) < 4.78 is 10.5. The third kappa shape index (κ3) is 0.779. The summed E-state index contributed by atoms with van der Waals surface area (Å²) in [5.41, 5.74) is 0. The zero-order valence-corrected chi connectivity index (χ0v) is 5.99. The fraction of sp³-hybridized carbons (Fsp3) is 1.00. The highest BCUT2D eigenvalue weighted by Gasteiger charge is 2.47. The molecule has 3 heteroatoms. The van der Waals surface area contributed by atoms with Crippen LogP contribution in [0, 0.1) is 0 Å². The van der Waals surface area contributed by atoms with E-state index in [1.54, 1.807) is 7.11 Å². The minimum absolute atomic E-state index is 0.0463. The van der Waals surface area contributed by atoms with Gasteiger partial charge >= 0.3 is 0 Å². The fourth-order valence-corrected chi connectivity index (χ4v) is 1.88. The Balaban J connectivity index is 2.06. The van der Waals surface area contributed by atoms with Crippen LogP contribution in [0.5, 0.6) is 0 Å². The van der Waals surface area contributed by atoms with E-state index in [1.807, 2.05) is 0 Å². The predicted octanol–water partition coefficient (Wildman–Crippen LogP) is -0.0765. The number of ether oxygens (including phenoxy) is 2. The van der Waals surface area contributed by atoms with Gasteiger partial charge in [0.2, 0.25) is 0 Å². The molecule has 1 N–H and O–H groups in total. The molecule has 0 aromatic heterocycles. The summed E-state index contributed by atoms with van der Waals surface area (Å²) in [4.78, 5) is 0. The first kappa shape index (κ1) is 6.58. The van der Waals surface area contributed by atoms with E-state index in [2.05, 4.69) is 0 Å². The Labute approximate surface area is 59.9 Å². The molecule has 2 fully saturated rings. The number of hydrogen-bond acceptors (Lipinski definition) is 3. The van der Waals surface area contributed by atoms with Gasteiger partial charge in [0, 0.05) is 20.0 Å². The van der Waals surface area contributed by atoms with Crippen molar-refractivity contribution in [1.82, 2.24) is 0 Å². The molecule has 10 heavy (non-hydrogen) atoms. The molecule has 4 unspecified atom stereocenters. The normalized spacial score (nSPS) is 52.2. The zero-order chi connectivity index (χ0) is 7.14. The lowest BCUT2D eigenvalue weighted by molar-refractivity contribution is -0.0252. The van der Waals surface area contributed by atoms with Gasteiger partial charge in [0.1, 0.15) is 6.10 Å². The van der Waals surface area contributed by atoms with Crippen molar-refractivity contribution >= 4 is 0 Å². The minimum Gasteiger partial charge on any atom is -0.390 e. The molecule has 0 amide bonds. The van der Waals surface area contributed by atoms with Gasteiger partial charge in [0.05, 0.1) is 18.3 Å². The van der Waals surface area contributed by atoms with E-state index in [-0.39, 0.29) is 24.4 Å². The lowest BCUT2D eigenvalue weighted by Gasteiger charge is -2.20. The lowest BCUT2D eigenvalue weighted by atomic mass is 9.95. The van der Waals surface area contributed by atoms with Crippen LogP contribution in [0.1, 0.15) is 12.8 Å². The summed E-state index contributed by atoms with van der Waals surface area (Å²) in [6, 6.07) is 0.